The third-order valence-corrected chi connectivity index (χ3v) is 5.22. The van der Waals surface area contributed by atoms with Crippen molar-refractivity contribution in [2.45, 2.75) is 6.61 Å². The number of hydrogen-bond acceptors (Lipinski definition) is 7. The summed E-state index contributed by atoms with van der Waals surface area (Å²) in [4.78, 5) is 26.7. The number of hydrogen-bond donors (Lipinski definition) is 0. The highest BCUT2D eigenvalue weighted by Crippen LogP contribution is 2.34. The SMILES string of the molecule is COc1ccc(Br)cc1-c1nc(COC(=O)/C=C/c2cccc([N+](=O)[O-])c2)cs1. The summed E-state index contributed by atoms with van der Waals surface area (Å²) in [7, 11) is 1.59. The lowest BCUT2D eigenvalue weighted by molar-refractivity contribution is -0.384. The van der Waals surface area contributed by atoms with Gasteiger partial charge in [0.1, 0.15) is 17.4 Å². The van der Waals surface area contributed by atoms with Gasteiger partial charge in [0.25, 0.3) is 5.69 Å². The molecule has 0 unspecified atom stereocenters. The highest BCUT2D eigenvalue weighted by Gasteiger charge is 2.12. The van der Waals surface area contributed by atoms with Gasteiger partial charge in [0.15, 0.2) is 0 Å². The number of nitrogens with zero attached hydrogens (tertiary/aromatic N) is 2. The maximum Gasteiger partial charge on any atom is 0.331 e. The van der Waals surface area contributed by atoms with Crippen molar-refractivity contribution < 1.29 is 19.2 Å². The van der Waals surface area contributed by atoms with Crippen molar-refractivity contribution in [3.63, 3.8) is 0 Å². The van der Waals surface area contributed by atoms with Crippen LogP contribution < -0.4 is 4.74 Å². The molecular weight excluding hydrogens is 460 g/mol. The number of nitro groups is 1. The molecule has 0 N–H and O–H groups in total. The Bertz CT molecular complexity index is 1080. The van der Waals surface area contributed by atoms with E-state index >= 15 is 0 Å². The van der Waals surface area contributed by atoms with Crippen molar-refractivity contribution in [3.05, 3.63) is 79.8 Å². The lowest BCUT2D eigenvalue weighted by Crippen LogP contribution is -2.01. The molecule has 3 aromatic rings. The van der Waals surface area contributed by atoms with Crippen LogP contribution in [0.3, 0.4) is 0 Å². The predicted octanol–water partition coefficient (Wildman–Crippen LogP) is 5.25. The van der Waals surface area contributed by atoms with Crippen LogP contribution >= 0.6 is 27.3 Å². The maximum absolute atomic E-state index is 11.9. The lowest BCUT2D eigenvalue weighted by Gasteiger charge is -2.06. The van der Waals surface area contributed by atoms with Crippen LogP contribution in [-0.2, 0) is 16.1 Å². The number of non-ortho nitro benzene ring substituents is 1. The number of aromatic nitrogens is 1. The molecule has 0 saturated heterocycles. The highest BCUT2D eigenvalue weighted by atomic mass is 79.9. The van der Waals surface area contributed by atoms with Crippen molar-refractivity contribution in [3.8, 4) is 16.3 Å². The van der Waals surface area contributed by atoms with Crippen LogP contribution in [0.1, 0.15) is 11.3 Å². The van der Waals surface area contributed by atoms with Gasteiger partial charge in [-0.3, -0.25) is 10.1 Å². The fourth-order valence-electron chi connectivity index (χ4n) is 2.44. The van der Waals surface area contributed by atoms with Crippen molar-refractivity contribution in [2.75, 3.05) is 7.11 Å². The molecule has 0 saturated carbocycles. The van der Waals surface area contributed by atoms with Gasteiger partial charge < -0.3 is 9.47 Å². The van der Waals surface area contributed by atoms with Gasteiger partial charge >= 0.3 is 5.97 Å². The van der Waals surface area contributed by atoms with Crippen LogP contribution in [0.25, 0.3) is 16.6 Å². The second-order valence-corrected chi connectivity index (χ2v) is 7.56. The van der Waals surface area contributed by atoms with Gasteiger partial charge in [0, 0.05) is 28.1 Å². The largest absolute Gasteiger partial charge is 0.496 e. The molecule has 0 bridgehead atoms. The summed E-state index contributed by atoms with van der Waals surface area (Å²) in [6, 6.07) is 11.6. The van der Waals surface area contributed by atoms with Crippen LogP contribution in [0.2, 0.25) is 0 Å². The average Bonchev–Trinajstić information content (AvgIpc) is 3.20. The monoisotopic (exact) mass is 474 g/mol. The number of esters is 1. The number of benzene rings is 2. The highest BCUT2D eigenvalue weighted by molar-refractivity contribution is 9.10. The molecule has 0 aliphatic carbocycles. The summed E-state index contributed by atoms with van der Waals surface area (Å²) in [5.41, 5.74) is 1.95. The molecular formula is C20H15BrN2O5S. The van der Waals surface area contributed by atoms with E-state index in [1.807, 2.05) is 23.6 Å². The topological polar surface area (TPSA) is 91.6 Å². The van der Waals surface area contributed by atoms with Crippen molar-refractivity contribution in [1.29, 1.82) is 0 Å². The van der Waals surface area contributed by atoms with Crippen LogP contribution in [0.4, 0.5) is 5.69 Å². The zero-order valence-corrected chi connectivity index (χ0v) is 17.6. The summed E-state index contributed by atoms with van der Waals surface area (Å²) in [6.07, 6.45) is 2.69. The molecule has 0 spiro atoms. The minimum absolute atomic E-state index is 0.0188. The van der Waals surface area contributed by atoms with E-state index in [0.29, 0.717) is 17.0 Å². The maximum atomic E-state index is 11.9. The Balaban J connectivity index is 1.62. The third kappa shape index (κ3) is 5.49. The van der Waals surface area contributed by atoms with Gasteiger partial charge in [-0.25, -0.2) is 9.78 Å². The van der Waals surface area contributed by atoms with Gasteiger partial charge in [-0.15, -0.1) is 11.3 Å². The first kappa shape index (κ1) is 20.7. The quantitative estimate of drug-likeness (QED) is 0.201. The third-order valence-electron chi connectivity index (χ3n) is 3.80. The fraction of sp³-hybridized carbons (Fsp3) is 0.100. The average molecular weight is 475 g/mol. The molecule has 3 rings (SSSR count). The normalized spacial score (nSPS) is 10.8. The van der Waals surface area contributed by atoms with Crippen LogP contribution in [-0.4, -0.2) is 23.0 Å². The fourth-order valence-corrected chi connectivity index (χ4v) is 3.63. The Hall–Kier alpha value is -3.04. The summed E-state index contributed by atoms with van der Waals surface area (Å²) in [5, 5.41) is 13.4. The number of carbonyl (C=O) groups is 1. The van der Waals surface area contributed by atoms with E-state index in [2.05, 4.69) is 20.9 Å². The standard InChI is InChI=1S/C20H15BrN2O5S/c1-27-18-7-6-14(21)10-17(18)20-22-15(12-29-20)11-28-19(24)8-5-13-3-2-4-16(9-13)23(25)26/h2-10,12H,11H2,1H3/b8-5+. The molecule has 0 aliphatic rings. The molecule has 0 amide bonds. The first-order valence-corrected chi connectivity index (χ1v) is 10.0. The second kappa shape index (κ2) is 9.44. The van der Waals surface area contributed by atoms with Crippen LogP contribution in [0.5, 0.6) is 5.75 Å². The van der Waals surface area contributed by atoms with E-state index in [1.54, 1.807) is 19.2 Å². The first-order valence-electron chi connectivity index (χ1n) is 8.34. The number of nitro benzene ring substituents is 1. The molecule has 9 heteroatoms. The minimum Gasteiger partial charge on any atom is -0.496 e. The second-order valence-electron chi connectivity index (χ2n) is 5.78. The van der Waals surface area contributed by atoms with Crippen molar-refractivity contribution in [1.82, 2.24) is 4.98 Å². The number of carbonyl (C=O) groups excluding carboxylic acids is 1. The van der Waals surface area contributed by atoms with Gasteiger partial charge in [0.2, 0.25) is 0 Å². The van der Waals surface area contributed by atoms with E-state index in [1.165, 1.54) is 35.6 Å². The molecule has 0 radical (unpaired) electrons. The number of rotatable bonds is 7. The van der Waals surface area contributed by atoms with E-state index in [4.69, 9.17) is 9.47 Å². The van der Waals surface area contributed by atoms with Crippen molar-refractivity contribution in [2.24, 2.45) is 0 Å². The van der Waals surface area contributed by atoms with Crippen molar-refractivity contribution >= 4 is 45.0 Å². The molecule has 0 aliphatic heterocycles. The molecule has 1 heterocycles. The van der Waals surface area contributed by atoms with Gasteiger partial charge in [-0.05, 0) is 29.8 Å². The van der Waals surface area contributed by atoms with E-state index in [0.717, 1.165) is 15.0 Å². The van der Waals surface area contributed by atoms with Crippen LogP contribution in [0.15, 0.2) is 58.4 Å². The molecule has 7 nitrogen and oxygen atoms in total. The smallest absolute Gasteiger partial charge is 0.331 e. The Morgan fingerprint density at radius 2 is 2.14 bits per heavy atom. The summed E-state index contributed by atoms with van der Waals surface area (Å²) < 4.78 is 11.5. The summed E-state index contributed by atoms with van der Waals surface area (Å²) in [5.74, 6) is 0.136. The Kier molecular flexibility index (Phi) is 6.73. The lowest BCUT2D eigenvalue weighted by atomic mass is 10.2. The zero-order valence-electron chi connectivity index (χ0n) is 15.2. The molecule has 2 aromatic carbocycles. The van der Waals surface area contributed by atoms with Gasteiger partial charge in [-0.1, -0.05) is 28.1 Å². The summed E-state index contributed by atoms with van der Waals surface area (Å²) >= 11 is 4.86. The van der Waals surface area contributed by atoms with E-state index in [-0.39, 0.29) is 12.3 Å². The molecule has 0 atom stereocenters. The molecule has 29 heavy (non-hydrogen) atoms. The molecule has 0 fully saturated rings. The Morgan fingerprint density at radius 1 is 1.31 bits per heavy atom. The number of thiazole rings is 1. The van der Waals surface area contributed by atoms with Gasteiger partial charge in [0.05, 0.1) is 23.3 Å². The molecule has 148 valence electrons. The Morgan fingerprint density at radius 3 is 2.90 bits per heavy atom. The number of halogens is 1. The minimum atomic E-state index is -0.564. The zero-order chi connectivity index (χ0) is 20.8. The van der Waals surface area contributed by atoms with Crippen LogP contribution in [0, 0.1) is 10.1 Å². The molecule has 1 aromatic heterocycles. The predicted molar refractivity (Wildman–Crippen MR) is 114 cm³/mol. The summed E-state index contributed by atoms with van der Waals surface area (Å²) in [6.45, 7) is 0.0188. The first-order chi connectivity index (χ1) is 14.0. The van der Waals surface area contributed by atoms with E-state index in [9.17, 15) is 14.9 Å². The number of ether oxygens (including phenoxy) is 2. The Labute approximate surface area is 178 Å². The van der Waals surface area contributed by atoms with E-state index < -0.39 is 10.9 Å². The number of methoxy groups -OCH3 is 1. The van der Waals surface area contributed by atoms with Gasteiger partial charge in [-0.2, -0.15) is 0 Å².